The molecule has 1 aromatic carbocycles. The van der Waals surface area contributed by atoms with Crippen molar-refractivity contribution in [3.8, 4) is 11.5 Å². The SMILES string of the molecule is COc1ccc2c(C)c(CC(=O)NCCC(=O)[O-])c(=O)oc2c1OC. The van der Waals surface area contributed by atoms with Crippen LogP contribution >= 0.6 is 0 Å². The summed E-state index contributed by atoms with van der Waals surface area (Å²) in [6.07, 6.45) is -0.514. The highest BCUT2D eigenvalue weighted by Crippen LogP contribution is 2.36. The summed E-state index contributed by atoms with van der Waals surface area (Å²) < 4.78 is 15.8. The Bertz CT molecular complexity index is 869. The van der Waals surface area contributed by atoms with Gasteiger partial charge in [0.25, 0.3) is 0 Å². The molecule has 0 fully saturated rings. The van der Waals surface area contributed by atoms with Gasteiger partial charge in [0.15, 0.2) is 11.3 Å². The summed E-state index contributed by atoms with van der Waals surface area (Å²) >= 11 is 0. The molecule has 0 saturated heterocycles. The molecule has 25 heavy (non-hydrogen) atoms. The summed E-state index contributed by atoms with van der Waals surface area (Å²) in [5.74, 6) is -1.02. The lowest BCUT2D eigenvalue weighted by Crippen LogP contribution is -2.32. The lowest BCUT2D eigenvalue weighted by atomic mass is 10.0. The van der Waals surface area contributed by atoms with Crippen LogP contribution in [-0.4, -0.2) is 32.6 Å². The van der Waals surface area contributed by atoms with Gasteiger partial charge < -0.3 is 29.1 Å². The number of carbonyl (C=O) groups excluding carboxylic acids is 2. The molecule has 0 aliphatic carbocycles. The van der Waals surface area contributed by atoms with E-state index in [2.05, 4.69) is 5.32 Å². The molecule has 0 bridgehead atoms. The third kappa shape index (κ3) is 3.90. The molecule has 2 aromatic rings. The van der Waals surface area contributed by atoms with Gasteiger partial charge in [-0.25, -0.2) is 4.79 Å². The fraction of sp³-hybridized carbons (Fsp3) is 0.353. The molecule has 0 spiro atoms. The number of aryl methyl sites for hydroxylation is 1. The van der Waals surface area contributed by atoms with Crippen LogP contribution in [0.25, 0.3) is 11.0 Å². The molecule has 134 valence electrons. The first kappa shape index (κ1) is 18.3. The topological polar surface area (TPSA) is 118 Å². The number of carboxylic acids is 1. The van der Waals surface area contributed by atoms with Crippen LogP contribution in [0.1, 0.15) is 17.5 Å². The fourth-order valence-corrected chi connectivity index (χ4v) is 2.50. The average Bonchev–Trinajstić information content (AvgIpc) is 2.57. The minimum Gasteiger partial charge on any atom is -0.550 e. The van der Waals surface area contributed by atoms with E-state index in [1.54, 1.807) is 19.1 Å². The summed E-state index contributed by atoms with van der Waals surface area (Å²) in [7, 11) is 2.91. The van der Waals surface area contributed by atoms with E-state index in [-0.39, 0.29) is 30.5 Å². The molecule has 0 unspecified atom stereocenters. The van der Waals surface area contributed by atoms with E-state index in [1.165, 1.54) is 14.2 Å². The predicted molar refractivity (Wildman–Crippen MR) is 86.7 cm³/mol. The van der Waals surface area contributed by atoms with Crippen LogP contribution in [0.4, 0.5) is 0 Å². The normalized spacial score (nSPS) is 10.5. The molecule has 1 aromatic heterocycles. The Hall–Kier alpha value is -3.03. The van der Waals surface area contributed by atoms with Crippen molar-refractivity contribution in [2.45, 2.75) is 19.8 Å². The summed E-state index contributed by atoms with van der Waals surface area (Å²) in [6, 6.07) is 3.39. The Balaban J connectivity index is 2.38. The monoisotopic (exact) mass is 348 g/mol. The van der Waals surface area contributed by atoms with Crippen molar-refractivity contribution in [2.24, 2.45) is 0 Å². The number of methoxy groups -OCH3 is 2. The summed E-state index contributed by atoms with van der Waals surface area (Å²) in [5.41, 5.74) is 0.366. The van der Waals surface area contributed by atoms with Gasteiger partial charge in [-0.3, -0.25) is 4.79 Å². The number of hydrogen-bond donors (Lipinski definition) is 1. The number of ether oxygens (including phenoxy) is 2. The Kier molecular flexibility index (Phi) is 5.63. The molecular weight excluding hydrogens is 330 g/mol. The van der Waals surface area contributed by atoms with Gasteiger partial charge in [0.05, 0.1) is 26.2 Å². The van der Waals surface area contributed by atoms with E-state index in [0.29, 0.717) is 22.4 Å². The Morgan fingerprint density at radius 1 is 1.24 bits per heavy atom. The molecule has 8 nitrogen and oxygen atoms in total. The van der Waals surface area contributed by atoms with E-state index in [0.717, 1.165) is 0 Å². The van der Waals surface area contributed by atoms with E-state index >= 15 is 0 Å². The maximum absolute atomic E-state index is 12.3. The highest BCUT2D eigenvalue weighted by Gasteiger charge is 2.19. The van der Waals surface area contributed by atoms with Crippen LogP contribution in [-0.2, 0) is 16.0 Å². The van der Waals surface area contributed by atoms with E-state index < -0.39 is 17.5 Å². The zero-order chi connectivity index (χ0) is 18.6. The smallest absolute Gasteiger partial charge is 0.340 e. The molecule has 2 rings (SSSR count). The summed E-state index contributed by atoms with van der Waals surface area (Å²) in [4.78, 5) is 34.6. The number of hydrogen-bond acceptors (Lipinski definition) is 7. The maximum Gasteiger partial charge on any atom is 0.340 e. The highest BCUT2D eigenvalue weighted by atomic mass is 16.5. The van der Waals surface area contributed by atoms with Gasteiger partial charge >= 0.3 is 5.63 Å². The number of fused-ring (bicyclic) bond motifs is 1. The molecule has 1 heterocycles. The van der Waals surface area contributed by atoms with Gasteiger partial charge in [0.2, 0.25) is 11.7 Å². The zero-order valence-corrected chi connectivity index (χ0v) is 14.1. The molecule has 0 radical (unpaired) electrons. The maximum atomic E-state index is 12.3. The molecule has 0 atom stereocenters. The first-order valence-corrected chi connectivity index (χ1v) is 7.52. The molecule has 1 amide bonds. The second-order valence-corrected chi connectivity index (χ2v) is 5.32. The van der Waals surface area contributed by atoms with Gasteiger partial charge in [-0.2, -0.15) is 0 Å². The van der Waals surface area contributed by atoms with Crippen molar-refractivity contribution in [2.75, 3.05) is 20.8 Å². The molecule has 0 aliphatic rings. The second-order valence-electron chi connectivity index (χ2n) is 5.32. The van der Waals surface area contributed by atoms with Crippen molar-refractivity contribution >= 4 is 22.8 Å². The van der Waals surface area contributed by atoms with Crippen LogP contribution in [0.15, 0.2) is 21.3 Å². The fourth-order valence-electron chi connectivity index (χ4n) is 2.50. The highest BCUT2D eigenvalue weighted by molar-refractivity contribution is 5.89. The number of aliphatic carboxylic acids is 1. The molecule has 0 aliphatic heterocycles. The average molecular weight is 348 g/mol. The van der Waals surface area contributed by atoms with Gasteiger partial charge in [-0.1, -0.05) is 0 Å². The Labute approximate surface area is 143 Å². The number of rotatable bonds is 7. The standard InChI is InChI=1S/C17H19NO7/c1-9-10-4-5-12(23-2)16(24-3)15(10)25-17(22)11(9)8-13(19)18-7-6-14(20)21/h4-5H,6-8H2,1-3H3,(H,18,19)(H,20,21)/p-1. The van der Waals surface area contributed by atoms with Crippen LogP contribution in [0.3, 0.4) is 0 Å². The van der Waals surface area contributed by atoms with E-state index in [4.69, 9.17) is 13.9 Å². The zero-order valence-electron chi connectivity index (χ0n) is 14.1. The van der Waals surface area contributed by atoms with Crippen LogP contribution in [0, 0.1) is 6.92 Å². The summed E-state index contributed by atoms with van der Waals surface area (Å²) in [6.45, 7) is 1.64. The number of carboxylic acid groups (broad SMARTS) is 1. The van der Waals surface area contributed by atoms with Crippen molar-refractivity contribution in [1.29, 1.82) is 0 Å². The number of carbonyl (C=O) groups is 2. The first-order chi connectivity index (χ1) is 11.9. The minimum absolute atomic E-state index is 0.0653. The minimum atomic E-state index is -1.26. The molecule has 1 N–H and O–H groups in total. The van der Waals surface area contributed by atoms with Gasteiger partial charge in [0.1, 0.15) is 0 Å². The number of benzene rings is 1. The summed E-state index contributed by atoms with van der Waals surface area (Å²) in [5, 5.41) is 13.4. The van der Waals surface area contributed by atoms with Crippen molar-refractivity contribution in [3.05, 3.63) is 33.7 Å². The largest absolute Gasteiger partial charge is 0.550 e. The lowest BCUT2D eigenvalue weighted by Gasteiger charge is -2.13. The Morgan fingerprint density at radius 3 is 2.56 bits per heavy atom. The van der Waals surface area contributed by atoms with Crippen LogP contribution in [0.2, 0.25) is 0 Å². The quantitative estimate of drug-likeness (QED) is 0.695. The van der Waals surface area contributed by atoms with Crippen molar-refractivity contribution in [3.63, 3.8) is 0 Å². The van der Waals surface area contributed by atoms with E-state index in [1.807, 2.05) is 0 Å². The van der Waals surface area contributed by atoms with Crippen LogP contribution in [0.5, 0.6) is 11.5 Å². The second kappa shape index (κ2) is 7.69. The molecular formula is C17H18NO7-. The third-order valence-electron chi connectivity index (χ3n) is 3.79. The van der Waals surface area contributed by atoms with E-state index in [9.17, 15) is 19.5 Å². The van der Waals surface area contributed by atoms with Gasteiger partial charge in [0, 0.05) is 24.3 Å². The number of nitrogens with one attached hydrogen (secondary N) is 1. The van der Waals surface area contributed by atoms with Crippen LogP contribution < -0.4 is 25.5 Å². The van der Waals surface area contributed by atoms with Crippen molar-refractivity contribution < 1.29 is 28.6 Å². The first-order valence-electron chi connectivity index (χ1n) is 7.52. The lowest BCUT2D eigenvalue weighted by molar-refractivity contribution is -0.305. The Morgan fingerprint density at radius 2 is 1.96 bits per heavy atom. The van der Waals surface area contributed by atoms with Crippen molar-refractivity contribution in [1.82, 2.24) is 5.32 Å². The van der Waals surface area contributed by atoms with Gasteiger partial charge in [-0.15, -0.1) is 0 Å². The predicted octanol–water partition coefficient (Wildman–Crippen LogP) is -0.0827. The number of amides is 1. The third-order valence-corrected chi connectivity index (χ3v) is 3.79. The van der Waals surface area contributed by atoms with Gasteiger partial charge in [-0.05, 0) is 24.6 Å². The molecule has 8 heteroatoms. The molecule has 0 saturated carbocycles.